The number of carbonyl (C=O) groups is 4. The molecule has 1 heterocycles. The van der Waals surface area contributed by atoms with Crippen molar-refractivity contribution in [3.05, 3.63) is 29.8 Å². The molecule has 1 saturated heterocycles. The maximum atomic E-state index is 12.2. The zero-order chi connectivity index (χ0) is 24.0. The quantitative estimate of drug-likeness (QED) is 0.591. The number of anilines is 1. The second-order valence-corrected chi connectivity index (χ2v) is 7.92. The van der Waals surface area contributed by atoms with Gasteiger partial charge in [-0.3, -0.25) is 14.4 Å². The number of benzene rings is 1. The molecule has 2 aliphatic rings. The number of halogens is 3. The number of piperidine rings is 1. The number of amides is 3. The summed E-state index contributed by atoms with van der Waals surface area (Å²) in [5.41, 5.74) is 0.780. The molecule has 0 radical (unpaired) electrons. The third-order valence-electron chi connectivity index (χ3n) is 5.11. The molecule has 0 spiro atoms. The SMILES string of the molecule is O=C(COC(=O)C1CCN(C(=O)OCC(F)(F)F)CC1)Nc1cccc(C(=O)NC2CC2)c1. The van der Waals surface area contributed by atoms with Gasteiger partial charge in [0, 0.05) is 30.4 Å². The Hall–Kier alpha value is -3.31. The molecule has 1 aliphatic carbocycles. The number of nitrogens with zero attached hydrogens (tertiary/aromatic N) is 1. The molecule has 3 amide bonds. The van der Waals surface area contributed by atoms with Crippen molar-refractivity contribution < 1.29 is 41.8 Å². The molecular weight excluding hydrogens is 447 g/mol. The molecule has 2 fully saturated rings. The number of rotatable bonds is 7. The maximum Gasteiger partial charge on any atom is 0.422 e. The lowest BCUT2D eigenvalue weighted by atomic mass is 9.97. The zero-order valence-electron chi connectivity index (χ0n) is 17.7. The van der Waals surface area contributed by atoms with Crippen LogP contribution < -0.4 is 10.6 Å². The van der Waals surface area contributed by atoms with E-state index in [2.05, 4.69) is 15.4 Å². The summed E-state index contributed by atoms with van der Waals surface area (Å²) in [6.07, 6.45) is -3.43. The van der Waals surface area contributed by atoms with Gasteiger partial charge in [0.1, 0.15) is 0 Å². The lowest BCUT2D eigenvalue weighted by Gasteiger charge is -2.30. The molecule has 2 N–H and O–H groups in total. The van der Waals surface area contributed by atoms with Gasteiger partial charge in [0.15, 0.2) is 13.2 Å². The molecule has 12 heteroatoms. The first-order valence-corrected chi connectivity index (χ1v) is 10.5. The van der Waals surface area contributed by atoms with Crippen LogP contribution >= 0.6 is 0 Å². The van der Waals surface area contributed by atoms with E-state index in [1.165, 1.54) is 6.07 Å². The Kier molecular flexibility index (Phi) is 7.77. The van der Waals surface area contributed by atoms with E-state index in [4.69, 9.17) is 4.74 Å². The molecule has 0 aromatic heterocycles. The minimum absolute atomic E-state index is 0.0400. The number of alkyl halides is 3. The Balaban J connectivity index is 1.38. The van der Waals surface area contributed by atoms with Gasteiger partial charge >= 0.3 is 18.2 Å². The van der Waals surface area contributed by atoms with Crippen LogP contribution in [0.2, 0.25) is 0 Å². The van der Waals surface area contributed by atoms with Gasteiger partial charge in [-0.25, -0.2) is 4.79 Å². The predicted octanol–water partition coefficient (Wildman–Crippen LogP) is 2.47. The third kappa shape index (κ3) is 7.95. The summed E-state index contributed by atoms with van der Waals surface area (Å²) in [6.45, 7) is -2.13. The molecule has 0 atom stereocenters. The first kappa shape index (κ1) is 24.3. The first-order chi connectivity index (χ1) is 15.6. The maximum absolute atomic E-state index is 12.2. The topological polar surface area (TPSA) is 114 Å². The Bertz CT molecular complexity index is 895. The fourth-order valence-electron chi connectivity index (χ4n) is 3.22. The second kappa shape index (κ2) is 10.5. The molecule has 0 bridgehead atoms. The van der Waals surface area contributed by atoms with Crippen molar-refractivity contribution in [2.24, 2.45) is 5.92 Å². The summed E-state index contributed by atoms with van der Waals surface area (Å²) in [5, 5.41) is 5.40. The van der Waals surface area contributed by atoms with E-state index in [0.29, 0.717) is 11.3 Å². The average Bonchev–Trinajstić information content (AvgIpc) is 3.59. The Morgan fingerprint density at radius 1 is 1.03 bits per heavy atom. The first-order valence-electron chi connectivity index (χ1n) is 10.5. The second-order valence-electron chi connectivity index (χ2n) is 7.92. The van der Waals surface area contributed by atoms with Crippen LogP contribution in [0.5, 0.6) is 0 Å². The van der Waals surface area contributed by atoms with E-state index in [-0.39, 0.29) is 37.9 Å². The summed E-state index contributed by atoms with van der Waals surface area (Å²) < 4.78 is 45.6. The van der Waals surface area contributed by atoms with Crippen molar-refractivity contribution in [2.75, 3.05) is 31.6 Å². The van der Waals surface area contributed by atoms with Crippen LogP contribution in [0.4, 0.5) is 23.7 Å². The Morgan fingerprint density at radius 2 is 1.73 bits per heavy atom. The predicted molar refractivity (Wildman–Crippen MR) is 108 cm³/mol. The molecule has 3 rings (SSSR count). The largest absolute Gasteiger partial charge is 0.455 e. The fraction of sp³-hybridized carbons (Fsp3) is 0.524. The molecule has 1 aromatic carbocycles. The van der Waals surface area contributed by atoms with Crippen LogP contribution in [0.1, 0.15) is 36.0 Å². The summed E-state index contributed by atoms with van der Waals surface area (Å²) in [7, 11) is 0. The van der Waals surface area contributed by atoms with Crippen LogP contribution in [0.25, 0.3) is 0 Å². The average molecular weight is 471 g/mol. The molecule has 180 valence electrons. The number of likely N-dealkylation sites (tertiary alicyclic amines) is 1. The highest BCUT2D eigenvalue weighted by Crippen LogP contribution is 2.22. The Morgan fingerprint density at radius 3 is 2.36 bits per heavy atom. The number of ether oxygens (including phenoxy) is 2. The molecule has 1 aliphatic heterocycles. The van der Waals surface area contributed by atoms with E-state index in [9.17, 15) is 32.3 Å². The fourth-order valence-corrected chi connectivity index (χ4v) is 3.22. The van der Waals surface area contributed by atoms with Gasteiger partial charge in [0.2, 0.25) is 0 Å². The van der Waals surface area contributed by atoms with E-state index < -0.39 is 43.3 Å². The van der Waals surface area contributed by atoms with Gasteiger partial charge in [-0.05, 0) is 43.9 Å². The van der Waals surface area contributed by atoms with E-state index in [1.54, 1.807) is 18.2 Å². The highest BCUT2D eigenvalue weighted by atomic mass is 19.4. The summed E-state index contributed by atoms with van der Waals surface area (Å²) in [5.74, 6) is -2.03. The smallest absolute Gasteiger partial charge is 0.422 e. The van der Waals surface area contributed by atoms with E-state index in [0.717, 1.165) is 17.7 Å². The highest BCUT2D eigenvalue weighted by Gasteiger charge is 2.33. The summed E-state index contributed by atoms with van der Waals surface area (Å²) in [4.78, 5) is 49.1. The van der Waals surface area contributed by atoms with Gasteiger partial charge in [0.05, 0.1) is 5.92 Å². The molecular formula is C21H24F3N3O6. The van der Waals surface area contributed by atoms with Gasteiger partial charge in [0.25, 0.3) is 11.8 Å². The minimum Gasteiger partial charge on any atom is -0.455 e. The number of esters is 1. The zero-order valence-corrected chi connectivity index (χ0v) is 17.7. The Labute approximate surface area is 187 Å². The van der Waals surface area contributed by atoms with Crippen molar-refractivity contribution in [3.63, 3.8) is 0 Å². The highest BCUT2D eigenvalue weighted by molar-refractivity contribution is 5.98. The summed E-state index contributed by atoms with van der Waals surface area (Å²) in [6, 6.07) is 6.56. The van der Waals surface area contributed by atoms with Crippen LogP contribution in [0.3, 0.4) is 0 Å². The number of hydrogen-bond acceptors (Lipinski definition) is 6. The monoisotopic (exact) mass is 471 g/mol. The van der Waals surface area contributed by atoms with Gasteiger partial charge in [-0.15, -0.1) is 0 Å². The van der Waals surface area contributed by atoms with Crippen molar-refractivity contribution in [3.8, 4) is 0 Å². The molecule has 33 heavy (non-hydrogen) atoms. The summed E-state index contributed by atoms with van der Waals surface area (Å²) >= 11 is 0. The van der Waals surface area contributed by atoms with Crippen molar-refractivity contribution in [2.45, 2.75) is 37.9 Å². The normalized spacial score (nSPS) is 16.6. The van der Waals surface area contributed by atoms with Crippen molar-refractivity contribution in [1.29, 1.82) is 0 Å². The van der Waals surface area contributed by atoms with Crippen molar-refractivity contribution >= 4 is 29.6 Å². The molecule has 1 saturated carbocycles. The van der Waals surface area contributed by atoms with Gasteiger partial charge in [-0.1, -0.05) is 6.07 Å². The van der Waals surface area contributed by atoms with Crippen LogP contribution in [0, 0.1) is 5.92 Å². The number of nitrogens with one attached hydrogen (secondary N) is 2. The molecule has 0 unspecified atom stereocenters. The van der Waals surface area contributed by atoms with E-state index in [1.807, 2.05) is 0 Å². The lowest BCUT2D eigenvalue weighted by Crippen LogP contribution is -2.42. The third-order valence-corrected chi connectivity index (χ3v) is 5.11. The minimum atomic E-state index is -4.61. The van der Waals surface area contributed by atoms with Crippen LogP contribution in [-0.2, 0) is 19.1 Å². The van der Waals surface area contributed by atoms with Gasteiger partial charge < -0.3 is 25.0 Å². The number of carbonyl (C=O) groups excluding carboxylic acids is 4. The van der Waals surface area contributed by atoms with E-state index >= 15 is 0 Å². The van der Waals surface area contributed by atoms with Crippen molar-refractivity contribution in [1.82, 2.24) is 10.2 Å². The number of hydrogen-bond donors (Lipinski definition) is 2. The van der Waals surface area contributed by atoms with Gasteiger partial charge in [-0.2, -0.15) is 13.2 Å². The molecule has 9 nitrogen and oxygen atoms in total. The molecule has 1 aromatic rings. The van der Waals surface area contributed by atoms with Crippen LogP contribution in [0.15, 0.2) is 24.3 Å². The lowest BCUT2D eigenvalue weighted by molar-refractivity contribution is -0.163. The van der Waals surface area contributed by atoms with Crippen LogP contribution in [-0.4, -0.2) is 67.3 Å². The standard InChI is InChI=1S/C21H24F3N3O6/c22-21(23,24)12-33-20(31)27-8-6-13(7-9-27)19(30)32-11-17(28)25-16-3-1-2-14(10-16)18(29)26-15-4-5-15/h1-3,10,13,15H,4-9,11-12H2,(H,25,28)(H,26,29).